The second-order valence-electron chi connectivity index (χ2n) is 5.83. The van der Waals surface area contributed by atoms with E-state index in [2.05, 4.69) is 61.3 Å². The van der Waals surface area contributed by atoms with Crippen molar-refractivity contribution >= 4 is 10.8 Å². The van der Waals surface area contributed by atoms with Crippen LogP contribution in [0, 0.1) is 0 Å². The monoisotopic (exact) mass is 291 g/mol. The minimum absolute atomic E-state index is 0.313. The molecular formula is C20H21NO. The smallest absolute Gasteiger partial charge is 0.115 e. The number of rotatable bonds is 4. The van der Waals surface area contributed by atoms with Crippen molar-refractivity contribution in [3.63, 3.8) is 0 Å². The summed E-state index contributed by atoms with van der Waals surface area (Å²) in [5.74, 6) is 0.313. The van der Waals surface area contributed by atoms with E-state index in [1.54, 1.807) is 12.1 Å². The van der Waals surface area contributed by atoms with Crippen LogP contribution in [0.5, 0.6) is 5.75 Å². The van der Waals surface area contributed by atoms with E-state index in [9.17, 15) is 5.11 Å². The van der Waals surface area contributed by atoms with Gasteiger partial charge in [0, 0.05) is 12.6 Å². The average Bonchev–Trinajstić information content (AvgIpc) is 2.55. The maximum Gasteiger partial charge on any atom is 0.115 e. The second-order valence-corrected chi connectivity index (χ2v) is 5.83. The molecule has 1 unspecified atom stereocenters. The Labute approximate surface area is 131 Å². The zero-order valence-corrected chi connectivity index (χ0v) is 13.0. The highest BCUT2D eigenvalue weighted by atomic mass is 16.3. The molecule has 0 radical (unpaired) electrons. The van der Waals surface area contributed by atoms with E-state index in [0.717, 1.165) is 6.54 Å². The van der Waals surface area contributed by atoms with Gasteiger partial charge in [0.05, 0.1) is 0 Å². The molecule has 0 aromatic heterocycles. The van der Waals surface area contributed by atoms with Crippen LogP contribution in [0.25, 0.3) is 10.8 Å². The van der Waals surface area contributed by atoms with E-state index in [0.29, 0.717) is 11.8 Å². The number of phenols is 1. The van der Waals surface area contributed by atoms with Crippen LogP contribution < -0.4 is 0 Å². The number of nitrogens with zero attached hydrogens (tertiary/aromatic N) is 1. The van der Waals surface area contributed by atoms with Gasteiger partial charge in [-0.1, -0.05) is 54.6 Å². The van der Waals surface area contributed by atoms with E-state index in [1.807, 2.05) is 12.1 Å². The highest BCUT2D eigenvalue weighted by molar-refractivity contribution is 5.86. The molecule has 0 saturated carbocycles. The van der Waals surface area contributed by atoms with Crippen molar-refractivity contribution in [2.75, 3.05) is 7.05 Å². The Morgan fingerprint density at radius 1 is 0.909 bits per heavy atom. The predicted octanol–water partition coefficient (Wildman–Crippen LogP) is 4.74. The first-order valence-corrected chi connectivity index (χ1v) is 7.61. The molecule has 3 aromatic carbocycles. The summed E-state index contributed by atoms with van der Waals surface area (Å²) in [4.78, 5) is 2.33. The lowest BCUT2D eigenvalue weighted by molar-refractivity contribution is 0.254. The van der Waals surface area contributed by atoms with Gasteiger partial charge in [-0.2, -0.15) is 0 Å². The van der Waals surface area contributed by atoms with Crippen molar-refractivity contribution in [1.29, 1.82) is 0 Å². The Morgan fingerprint density at radius 3 is 2.36 bits per heavy atom. The van der Waals surface area contributed by atoms with E-state index in [-0.39, 0.29) is 0 Å². The van der Waals surface area contributed by atoms with E-state index < -0.39 is 0 Å². The fourth-order valence-corrected chi connectivity index (χ4v) is 2.88. The van der Waals surface area contributed by atoms with Gasteiger partial charge in [-0.05, 0) is 48.0 Å². The molecule has 0 spiro atoms. The molecule has 112 valence electrons. The highest BCUT2D eigenvalue weighted by Crippen LogP contribution is 2.28. The minimum atomic E-state index is 0.313. The number of fused-ring (bicyclic) bond motifs is 1. The summed E-state index contributed by atoms with van der Waals surface area (Å²) < 4.78 is 0. The summed E-state index contributed by atoms with van der Waals surface area (Å²) in [6, 6.07) is 22.8. The molecule has 2 heteroatoms. The molecule has 0 bridgehead atoms. The van der Waals surface area contributed by atoms with Crippen LogP contribution in [0.2, 0.25) is 0 Å². The standard InChI is InChI=1S/C20H21NO/c1-15(21(2)14-16-10-12-18(22)13-11-16)19-9-5-7-17-6-3-4-8-20(17)19/h3-13,15,22H,14H2,1-2H3. The molecule has 0 amide bonds. The fraction of sp³-hybridized carbons (Fsp3) is 0.200. The first-order chi connectivity index (χ1) is 10.6. The Kier molecular flexibility index (Phi) is 4.12. The first kappa shape index (κ1) is 14.6. The van der Waals surface area contributed by atoms with Crippen molar-refractivity contribution < 1.29 is 5.11 Å². The normalized spacial score (nSPS) is 12.7. The molecule has 1 N–H and O–H groups in total. The lowest BCUT2D eigenvalue weighted by Gasteiger charge is -2.26. The molecule has 0 aliphatic rings. The zero-order valence-electron chi connectivity index (χ0n) is 13.0. The quantitative estimate of drug-likeness (QED) is 0.750. The molecule has 0 saturated heterocycles. The number of hydrogen-bond acceptors (Lipinski definition) is 2. The second kappa shape index (κ2) is 6.20. The van der Waals surface area contributed by atoms with Crippen LogP contribution >= 0.6 is 0 Å². The molecule has 22 heavy (non-hydrogen) atoms. The Balaban J connectivity index is 1.85. The topological polar surface area (TPSA) is 23.5 Å². The van der Waals surface area contributed by atoms with Gasteiger partial charge in [0.1, 0.15) is 5.75 Å². The third-order valence-corrected chi connectivity index (χ3v) is 4.30. The van der Waals surface area contributed by atoms with Crippen molar-refractivity contribution in [1.82, 2.24) is 4.90 Å². The van der Waals surface area contributed by atoms with Crippen molar-refractivity contribution in [2.45, 2.75) is 19.5 Å². The Bertz CT molecular complexity index is 759. The summed E-state index contributed by atoms with van der Waals surface area (Å²) in [5.41, 5.74) is 2.55. The summed E-state index contributed by atoms with van der Waals surface area (Å²) in [7, 11) is 2.14. The van der Waals surface area contributed by atoms with Crippen LogP contribution in [-0.4, -0.2) is 17.1 Å². The molecule has 3 aromatic rings. The molecule has 0 heterocycles. The van der Waals surface area contributed by atoms with Gasteiger partial charge in [-0.25, -0.2) is 0 Å². The minimum Gasteiger partial charge on any atom is -0.508 e. The third-order valence-electron chi connectivity index (χ3n) is 4.30. The van der Waals surface area contributed by atoms with Gasteiger partial charge in [0.15, 0.2) is 0 Å². The van der Waals surface area contributed by atoms with E-state index in [4.69, 9.17) is 0 Å². The molecule has 1 atom stereocenters. The summed E-state index contributed by atoms with van der Waals surface area (Å²) in [6.07, 6.45) is 0. The molecular weight excluding hydrogens is 270 g/mol. The molecule has 0 fully saturated rings. The lowest BCUT2D eigenvalue weighted by Crippen LogP contribution is -2.22. The average molecular weight is 291 g/mol. The third kappa shape index (κ3) is 2.97. The van der Waals surface area contributed by atoms with Crippen molar-refractivity contribution in [3.8, 4) is 5.75 Å². The van der Waals surface area contributed by atoms with E-state index in [1.165, 1.54) is 21.9 Å². The zero-order chi connectivity index (χ0) is 15.5. The van der Waals surface area contributed by atoms with Gasteiger partial charge >= 0.3 is 0 Å². The summed E-state index contributed by atoms with van der Waals surface area (Å²) >= 11 is 0. The Morgan fingerprint density at radius 2 is 1.59 bits per heavy atom. The number of benzene rings is 3. The largest absolute Gasteiger partial charge is 0.508 e. The number of hydrogen-bond donors (Lipinski definition) is 1. The van der Waals surface area contributed by atoms with Gasteiger partial charge in [0.2, 0.25) is 0 Å². The first-order valence-electron chi connectivity index (χ1n) is 7.61. The van der Waals surface area contributed by atoms with Crippen LogP contribution in [0.4, 0.5) is 0 Å². The SMILES string of the molecule is CC(c1cccc2ccccc12)N(C)Cc1ccc(O)cc1. The van der Waals surface area contributed by atoms with Gasteiger partial charge < -0.3 is 5.11 Å². The molecule has 0 aliphatic carbocycles. The van der Waals surface area contributed by atoms with Crippen LogP contribution in [0.1, 0.15) is 24.1 Å². The van der Waals surface area contributed by atoms with Crippen LogP contribution in [-0.2, 0) is 6.54 Å². The maximum atomic E-state index is 9.38. The van der Waals surface area contributed by atoms with Crippen LogP contribution in [0.3, 0.4) is 0 Å². The summed E-state index contributed by atoms with van der Waals surface area (Å²) in [6.45, 7) is 3.09. The van der Waals surface area contributed by atoms with Crippen molar-refractivity contribution in [2.24, 2.45) is 0 Å². The van der Waals surface area contributed by atoms with Gasteiger partial charge in [-0.3, -0.25) is 4.90 Å². The predicted molar refractivity (Wildman–Crippen MR) is 91.9 cm³/mol. The Hall–Kier alpha value is -2.32. The molecule has 0 aliphatic heterocycles. The molecule has 3 rings (SSSR count). The van der Waals surface area contributed by atoms with Gasteiger partial charge in [-0.15, -0.1) is 0 Å². The van der Waals surface area contributed by atoms with Gasteiger partial charge in [0.25, 0.3) is 0 Å². The maximum absolute atomic E-state index is 9.38. The fourth-order valence-electron chi connectivity index (χ4n) is 2.88. The van der Waals surface area contributed by atoms with Crippen LogP contribution in [0.15, 0.2) is 66.7 Å². The number of aromatic hydroxyl groups is 1. The van der Waals surface area contributed by atoms with E-state index >= 15 is 0 Å². The highest BCUT2D eigenvalue weighted by Gasteiger charge is 2.14. The lowest BCUT2D eigenvalue weighted by atomic mass is 9.98. The molecule has 2 nitrogen and oxygen atoms in total. The summed E-state index contributed by atoms with van der Waals surface area (Å²) in [5, 5.41) is 12.0. The number of phenolic OH excluding ortho intramolecular Hbond substituents is 1. The van der Waals surface area contributed by atoms with Crippen molar-refractivity contribution in [3.05, 3.63) is 77.9 Å².